The van der Waals surface area contributed by atoms with Crippen molar-refractivity contribution >= 4 is 28.9 Å². The van der Waals surface area contributed by atoms with Crippen LogP contribution in [0.1, 0.15) is 26.4 Å². The highest BCUT2D eigenvalue weighted by atomic mass is 16.3. The van der Waals surface area contributed by atoms with Gasteiger partial charge in [-0.1, -0.05) is 12.1 Å². The van der Waals surface area contributed by atoms with Crippen LogP contribution in [0.5, 0.6) is 5.75 Å². The molecule has 1 aromatic carbocycles. The molecule has 21 heavy (non-hydrogen) atoms. The maximum absolute atomic E-state index is 12.5. The highest BCUT2D eigenvalue weighted by Crippen LogP contribution is 2.30. The minimum Gasteiger partial charge on any atom is -0.508 e. The van der Waals surface area contributed by atoms with Gasteiger partial charge in [-0.3, -0.25) is 9.59 Å². The van der Waals surface area contributed by atoms with Crippen molar-refractivity contribution in [2.75, 3.05) is 11.5 Å². The van der Waals surface area contributed by atoms with E-state index in [1.54, 1.807) is 12.1 Å². The SMILES string of the molecule is Nc1nc(N)c2c(n1)C(=O)C=C(c1cccc(O)c1)C2=O. The van der Waals surface area contributed by atoms with Crippen LogP contribution < -0.4 is 11.5 Å². The average Bonchev–Trinajstić information content (AvgIpc) is 2.42. The number of carbonyl (C=O) groups excluding carboxylic acids is 2. The third kappa shape index (κ3) is 2.00. The fourth-order valence-electron chi connectivity index (χ4n) is 2.19. The lowest BCUT2D eigenvalue weighted by molar-refractivity contribution is 0.0998. The number of anilines is 2. The van der Waals surface area contributed by atoms with Gasteiger partial charge in [0.15, 0.2) is 5.78 Å². The number of hydrogen-bond acceptors (Lipinski definition) is 7. The molecule has 0 fully saturated rings. The molecule has 0 atom stereocenters. The Morgan fingerprint density at radius 3 is 2.57 bits per heavy atom. The molecule has 1 heterocycles. The van der Waals surface area contributed by atoms with Gasteiger partial charge in [-0.25, -0.2) is 4.98 Å². The predicted octanol–water partition coefficient (Wildman–Crippen LogP) is 0.809. The van der Waals surface area contributed by atoms with Crippen LogP contribution in [0.4, 0.5) is 11.8 Å². The van der Waals surface area contributed by atoms with Crippen molar-refractivity contribution in [3.05, 3.63) is 47.2 Å². The van der Waals surface area contributed by atoms with Crippen molar-refractivity contribution in [1.29, 1.82) is 0 Å². The number of allylic oxidation sites excluding steroid dienone is 2. The summed E-state index contributed by atoms with van der Waals surface area (Å²) >= 11 is 0. The first kappa shape index (κ1) is 12.8. The molecule has 0 unspecified atom stereocenters. The summed E-state index contributed by atoms with van der Waals surface area (Å²) in [7, 11) is 0. The number of aromatic nitrogens is 2. The molecule has 0 aliphatic heterocycles. The van der Waals surface area contributed by atoms with E-state index in [0.29, 0.717) is 5.56 Å². The Bertz CT molecular complexity index is 827. The van der Waals surface area contributed by atoms with Crippen LogP contribution in [-0.2, 0) is 0 Å². The van der Waals surface area contributed by atoms with Gasteiger partial charge in [-0.15, -0.1) is 0 Å². The van der Waals surface area contributed by atoms with Gasteiger partial charge in [0, 0.05) is 5.57 Å². The first-order chi connectivity index (χ1) is 9.97. The second kappa shape index (κ2) is 4.41. The highest BCUT2D eigenvalue weighted by Gasteiger charge is 2.31. The molecule has 104 valence electrons. The van der Waals surface area contributed by atoms with Gasteiger partial charge in [-0.2, -0.15) is 4.98 Å². The summed E-state index contributed by atoms with van der Waals surface area (Å²) in [5.41, 5.74) is 11.5. The summed E-state index contributed by atoms with van der Waals surface area (Å²) in [6.45, 7) is 0. The van der Waals surface area contributed by atoms with E-state index in [-0.39, 0.29) is 34.3 Å². The number of aromatic hydroxyl groups is 1. The van der Waals surface area contributed by atoms with E-state index in [4.69, 9.17) is 11.5 Å². The molecule has 0 saturated heterocycles. The minimum absolute atomic E-state index is 0.0130. The molecule has 7 heteroatoms. The summed E-state index contributed by atoms with van der Waals surface area (Å²) in [5.74, 6) is -1.28. The first-order valence-electron chi connectivity index (χ1n) is 6.00. The molecule has 0 saturated carbocycles. The topological polar surface area (TPSA) is 132 Å². The van der Waals surface area contributed by atoms with E-state index in [1.807, 2.05) is 0 Å². The monoisotopic (exact) mass is 282 g/mol. The quantitative estimate of drug-likeness (QED) is 0.704. The predicted molar refractivity (Wildman–Crippen MR) is 75.6 cm³/mol. The highest BCUT2D eigenvalue weighted by molar-refractivity contribution is 6.39. The molecule has 0 bridgehead atoms. The Labute approximate surface area is 118 Å². The summed E-state index contributed by atoms with van der Waals surface area (Å²) in [5, 5.41) is 9.49. The van der Waals surface area contributed by atoms with Gasteiger partial charge >= 0.3 is 0 Å². The van der Waals surface area contributed by atoms with E-state index in [1.165, 1.54) is 12.1 Å². The Kier molecular flexibility index (Phi) is 2.69. The molecule has 3 rings (SSSR count). The number of fused-ring (bicyclic) bond motifs is 1. The number of hydrogen-bond donors (Lipinski definition) is 3. The lowest BCUT2D eigenvalue weighted by Gasteiger charge is -2.16. The lowest BCUT2D eigenvalue weighted by atomic mass is 9.89. The second-order valence-corrected chi connectivity index (χ2v) is 4.49. The molecule has 7 nitrogen and oxygen atoms in total. The van der Waals surface area contributed by atoms with Crippen LogP contribution >= 0.6 is 0 Å². The Morgan fingerprint density at radius 2 is 1.86 bits per heavy atom. The molecule has 2 aromatic rings. The summed E-state index contributed by atoms with van der Waals surface area (Å²) in [6.07, 6.45) is 1.16. The first-order valence-corrected chi connectivity index (χ1v) is 6.00. The number of benzene rings is 1. The Morgan fingerprint density at radius 1 is 1.10 bits per heavy atom. The number of phenols is 1. The summed E-state index contributed by atoms with van der Waals surface area (Å²) < 4.78 is 0. The molecule has 0 amide bonds. The van der Waals surface area contributed by atoms with Crippen molar-refractivity contribution in [1.82, 2.24) is 9.97 Å². The minimum atomic E-state index is -0.483. The van der Waals surface area contributed by atoms with Crippen molar-refractivity contribution in [3.63, 3.8) is 0 Å². The van der Waals surface area contributed by atoms with Crippen LogP contribution in [0.3, 0.4) is 0 Å². The standard InChI is InChI=1S/C14H10N4O3/c15-13-10-11(17-14(16)18-13)9(20)5-8(12(10)21)6-2-1-3-7(19)4-6/h1-5,19H,(H4,15,16,17,18). The fourth-order valence-corrected chi connectivity index (χ4v) is 2.19. The Balaban J connectivity index is 2.20. The zero-order valence-electron chi connectivity index (χ0n) is 10.7. The van der Waals surface area contributed by atoms with Crippen LogP contribution in [-0.4, -0.2) is 26.6 Å². The normalized spacial score (nSPS) is 13.8. The van der Waals surface area contributed by atoms with E-state index < -0.39 is 11.6 Å². The number of nitrogens with zero attached hydrogens (tertiary/aromatic N) is 2. The number of rotatable bonds is 1. The number of Topliss-reactive ketones (excluding diaryl/α,β-unsaturated/α-hetero) is 1. The number of nitrogens with two attached hydrogens (primary N) is 2. The van der Waals surface area contributed by atoms with Gasteiger partial charge in [0.2, 0.25) is 11.7 Å². The van der Waals surface area contributed by atoms with Gasteiger partial charge < -0.3 is 16.6 Å². The summed E-state index contributed by atoms with van der Waals surface area (Å²) in [4.78, 5) is 32.1. The third-order valence-corrected chi connectivity index (χ3v) is 3.09. The smallest absolute Gasteiger partial charge is 0.222 e. The Hall–Kier alpha value is -3.22. The van der Waals surface area contributed by atoms with Crippen molar-refractivity contribution < 1.29 is 14.7 Å². The maximum atomic E-state index is 12.5. The average molecular weight is 282 g/mol. The van der Waals surface area contributed by atoms with Crippen LogP contribution in [0.15, 0.2) is 30.3 Å². The largest absolute Gasteiger partial charge is 0.508 e. The zero-order chi connectivity index (χ0) is 15.1. The fraction of sp³-hybridized carbons (Fsp3) is 0. The maximum Gasteiger partial charge on any atom is 0.222 e. The zero-order valence-corrected chi connectivity index (χ0v) is 10.7. The van der Waals surface area contributed by atoms with E-state index >= 15 is 0 Å². The lowest BCUT2D eigenvalue weighted by Crippen LogP contribution is -2.22. The second-order valence-electron chi connectivity index (χ2n) is 4.49. The molecular weight excluding hydrogens is 272 g/mol. The molecule has 0 spiro atoms. The van der Waals surface area contributed by atoms with Crippen molar-refractivity contribution in [2.45, 2.75) is 0 Å². The molecule has 5 N–H and O–H groups in total. The molecule has 0 radical (unpaired) electrons. The van der Waals surface area contributed by atoms with Gasteiger partial charge in [0.1, 0.15) is 17.3 Å². The van der Waals surface area contributed by atoms with E-state index in [9.17, 15) is 14.7 Å². The van der Waals surface area contributed by atoms with Crippen molar-refractivity contribution in [2.24, 2.45) is 0 Å². The van der Waals surface area contributed by atoms with E-state index in [2.05, 4.69) is 9.97 Å². The third-order valence-electron chi connectivity index (χ3n) is 3.09. The number of nitrogen functional groups attached to an aromatic ring is 2. The van der Waals surface area contributed by atoms with Crippen LogP contribution in [0.2, 0.25) is 0 Å². The summed E-state index contributed by atoms with van der Waals surface area (Å²) in [6, 6.07) is 6.03. The number of ketones is 2. The van der Waals surface area contributed by atoms with Gasteiger partial charge in [0.25, 0.3) is 0 Å². The molecular formula is C14H10N4O3. The van der Waals surface area contributed by atoms with Gasteiger partial charge in [0.05, 0.1) is 5.56 Å². The van der Waals surface area contributed by atoms with Crippen molar-refractivity contribution in [3.8, 4) is 5.75 Å². The molecule has 1 aliphatic rings. The number of carbonyl (C=O) groups is 2. The van der Waals surface area contributed by atoms with Crippen LogP contribution in [0.25, 0.3) is 5.57 Å². The molecule has 1 aromatic heterocycles. The van der Waals surface area contributed by atoms with Crippen LogP contribution in [0, 0.1) is 0 Å². The number of phenolic OH excluding ortho intramolecular Hbond substituents is 1. The van der Waals surface area contributed by atoms with E-state index in [0.717, 1.165) is 6.08 Å². The van der Waals surface area contributed by atoms with Gasteiger partial charge in [-0.05, 0) is 23.8 Å². The molecule has 1 aliphatic carbocycles.